The molecule has 1 atom stereocenters. The highest BCUT2D eigenvalue weighted by Crippen LogP contribution is 2.20. The Balaban J connectivity index is 1.82. The van der Waals surface area contributed by atoms with Crippen LogP contribution in [0.25, 0.3) is 0 Å². The van der Waals surface area contributed by atoms with Gasteiger partial charge in [0.1, 0.15) is 6.04 Å². The highest BCUT2D eigenvalue weighted by molar-refractivity contribution is 7.99. The third-order valence-electron chi connectivity index (χ3n) is 5.96. The molecule has 1 N–H and O–H groups in total. The minimum absolute atomic E-state index is 0.0568. The van der Waals surface area contributed by atoms with E-state index in [1.54, 1.807) is 16.7 Å². The molecule has 0 spiro atoms. The van der Waals surface area contributed by atoms with Crippen LogP contribution in [-0.4, -0.2) is 35.1 Å². The van der Waals surface area contributed by atoms with Crippen molar-refractivity contribution in [3.8, 4) is 0 Å². The van der Waals surface area contributed by atoms with Crippen molar-refractivity contribution in [1.82, 2.24) is 10.2 Å². The number of amides is 2. The summed E-state index contributed by atoms with van der Waals surface area (Å²) < 4.78 is 0. The quantitative estimate of drug-likeness (QED) is 0.263. The molecule has 3 aromatic rings. The van der Waals surface area contributed by atoms with Gasteiger partial charge in [-0.1, -0.05) is 97.2 Å². The third-order valence-corrected chi connectivity index (χ3v) is 7.18. The number of halogens is 1. The molecular weight excluding hydrogens is 488 g/mol. The van der Waals surface area contributed by atoms with Crippen LogP contribution in [0.15, 0.2) is 78.9 Å². The molecule has 36 heavy (non-hydrogen) atoms. The lowest BCUT2D eigenvalue weighted by Gasteiger charge is -2.31. The van der Waals surface area contributed by atoms with Crippen molar-refractivity contribution in [3.05, 3.63) is 106 Å². The number of aryl methyl sites for hydroxylation is 1. The molecule has 0 radical (unpaired) electrons. The summed E-state index contributed by atoms with van der Waals surface area (Å²) >= 11 is 7.81. The van der Waals surface area contributed by atoms with Crippen molar-refractivity contribution < 1.29 is 9.59 Å². The fourth-order valence-corrected chi connectivity index (χ4v) is 5.00. The Bertz CT molecular complexity index is 1110. The summed E-state index contributed by atoms with van der Waals surface area (Å²) in [6.45, 7) is 5.08. The first-order valence-corrected chi connectivity index (χ1v) is 14.0. The number of carbonyl (C=O) groups excluding carboxylic acids is 2. The molecule has 2 amide bonds. The van der Waals surface area contributed by atoms with Gasteiger partial charge in [0.05, 0.1) is 5.75 Å². The van der Waals surface area contributed by atoms with Gasteiger partial charge >= 0.3 is 0 Å². The second-order valence-electron chi connectivity index (χ2n) is 8.98. The first kappa shape index (κ1) is 27.8. The molecule has 0 aromatic heterocycles. The van der Waals surface area contributed by atoms with Crippen molar-refractivity contribution in [2.75, 3.05) is 12.3 Å². The van der Waals surface area contributed by atoms with Gasteiger partial charge in [-0.15, -0.1) is 11.8 Å². The largest absolute Gasteiger partial charge is 0.354 e. The molecule has 3 rings (SSSR count). The molecule has 0 aliphatic carbocycles. The summed E-state index contributed by atoms with van der Waals surface area (Å²) in [4.78, 5) is 28.8. The Morgan fingerprint density at radius 2 is 1.67 bits per heavy atom. The van der Waals surface area contributed by atoms with E-state index in [0.717, 1.165) is 29.7 Å². The molecule has 0 saturated heterocycles. The minimum atomic E-state index is -0.615. The minimum Gasteiger partial charge on any atom is -0.354 e. The first-order valence-electron chi connectivity index (χ1n) is 12.4. The van der Waals surface area contributed by atoms with Gasteiger partial charge < -0.3 is 10.2 Å². The molecule has 0 aliphatic rings. The number of carbonyl (C=O) groups is 2. The van der Waals surface area contributed by atoms with Crippen molar-refractivity contribution in [2.24, 2.45) is 0 Å². The van der Waals surface area contributed by atoms with Crippen LogP contribution in [0, 0.1) is 6.92 Å². The van der Waals surface area contributed by atoms with E-state index in [9.17, 15) is 9.59 Å². The molecule has 0 unspecified atom stereocenters. The standard InChI is InChI=1S/C30H35ClN2O2S/c1-3-4-17-32-30(35)28(19-24-9-6-5-7-10-24)33(20-26-11-8-12-27(31)18-26)29(34)22-36-21-25-15-13-23(2)14-16-25/h5-16,18,28H,3-4,17,19-22H2,1-2H3,(H,32,35)/t28-/m0/s1. The molecule has 0 heterocycles. The van der Waals surface area contributed by atoms with Crippen molar-refractivity contribution in [1.29, 1.82) is 0 Å². The fraction of sp³-hybridized carbons (Fsp3) is 0.333. The van der Waals surface area contributed by atoms with E-state index in [1.165, 1.54) is 11.1 Å². The van der Waals surface area contributed by atoms with Gasteiger partial charge in [0.2, 0.25) is 11.8 Å². The zero-order valence-electron chi connectivity index (χ0n) is 21.1. The maximum Gasteiger partial charge on any atom is 0.243 e. The fourth-order valence-electron chi connectivity index (χ4n) is 3.92. The molecular formula is C30H35ClN2O2S. The maximum absolute atomic E-state index is 13.6. The number of nitrogens with one attached hydrogen (secondary N) is 1. The molecule has 3 aromatic carbocycles. The number of rotatable bonds is 13. The summed E-state index contributed by atoms with van der Waals surface area (Å²) in [7, 11) is 0. The molecule has 0 saturated carbocycles. The topological polar surface area (TPSA) is 49.4 Å². The van der Waals surface area contributed by atoms with Gasteiger partial charge in [-0.3, -0.25) is 9.59 Å². The maximum atomic E-state index is 13.6. The predicted octanol–water partition coefficient (Wildman–Crippen LogP) is 6.44. The number of thioether (sulfide) groups is 1. The van der Waals surface area contributed by atoms with Gasteiger partial charge in [0.15, 0.2) is 0 Å². The lowest BCUT2D eigenvalue weighted by Crippen LogP contribution is -2.51. The van der Waals surface area contributed by atoms with Gasteiger partial charge in [0.25, 0.3) is 0 Å². The number of nitrogens with zero attached hydrogens (tertiary/aromatic N) is 1. The third kappa shape index (κ3) is 9.03. The predicted molar refractivity (Wildman–Crippen MR) is 151 cm³/mol. The van der Waals surface area contributed by atoms with Crippen molar-refractivity contribution >= 4 is 35.2 Å². The van der Waals surface area contributed by atoms with Crippen LogP contribution >= 0.6 is 23.4 Å². The van der Waals surface area contributed by atoms with E-state index in [4.69, 9.17) is 11.6 Å². The van der Waals surface area contributed by atoms with Crippen LogP contribution in [0.1, 0.15) is 42.0 Å². The van der Waals surface area contributed by atoms with Crippen LogP contribution in [0.5, 0.6) is 0 Å². The molecule has 0 aliphatic heterocycles. The summed E-state index contributed by atoms with van der Waals surface area (Å²) in [6, 6.07) is 25.1. The molecule has 6 heteroatoms. The summed E-state index contributed by atoms with van der Waals surface area (Å²) in [6.07, 6.45) is 2.34. The summed E-state index contributed by atoms with van der Waals surface area (Å²) in [5.74, 6) is 0.857. The van der Waals surface area contributed by atoms with Crippen molar-refractivity contribution in [3.63, 3.8) is 0 Å². The number of unbranched alkanes of at least 4 members (excludes halogenated alkanes) is 1. The summed E-state index contributed by atoms with van der Waals surface area (Å²) in [5, 5.41) is 3.67. The molecule has 0 fully saturated rings. The average Bonchev–Trinajstić information content (AvgIpc) is 2.88. The number of hydrogen-bond acceptors (Lipinski definition) is 3. The van der Waals surface area contributed by atoms with Crippen LogP contribution in [0.2, 0.25) is 5.02 Å². The highest BCUT2D eigenvalue weighted by atomic mass is 35.5. The van der Waals surface area contributed by atoms with Gasteiger partial charge in [-0.05, 0) is 42.2 Å². The van der Waals surface area contributed by atoms with E-state index in [1.807, 2.05) is 54.6 Å². The lowest BCUT2D eigenvalue weighted by atomic mass is 10.0. The zero-order valence-corrected chi connectivity index (χ0v) is 22.7. The second kappa shape index (κ2) is 14.7. The number of benzene rings is 3. The second-order valence-corrected chi connectivity index (χ2v) is 10.4. The van der Waals surface area contributed by atoms with Gasteiger partial charge in [-0.2, -0.15) is 0 Å². The normalized spacial score (nSPS) is 11.6. The zero-order chi connectivity index (χ0) is 25.8. The Kier molecular flexibility index (Phi) is 11.4. The molecule has 190 valence electrons. The van der Waals surface area contributed by atoms with E-state index >= 15 is 0 Å². The number of hydrogen-bond donors (Lipinski definition) is 1. The average molecular weight is 523 g/mol. The Morgan fingerprint density at radius 3 is 2.36 bits per heavy atom. The Morgan fingerprint density at radius 1 is 0.944 bits per heavy atom. The SMILES string of the molecule is CCCCNC(=O)[C@H](Cc1ccccc1)N(Cc1cccc(Cl)c1)C(=O)CSCc1ccc(C)cc1. The van der Waals surface area contributed by atoms with Crippen LogP contribution < -0.4 is 5.32 Å². The molecule has 4 nitrogen and oxygen atoms in total. The van der Waals surface area contributed by atoms with E-state index < -0.39 is 6.04 Å². The van der Waals surface area contributed by atoms with Gasteiger partial charge in [-0.25, -0.2) is 0 Å². The smallest absolute Gasteiger partial charge is 0.243 e. The van der Waals surface area contributed by atoms with Gasteiger partial charge in [0, 0.05) is 30.3 Å². The highest BCUT2D eigenvalue weighted by Gasteiger charge is 2.30. The lowest BCUT2D eigenvalue weighted by molar-refractivity contribution is -0.139. The first-order chi connectivity index (χ1) is 17.5. The Labute approximate surface area is 224 Å². The van der Waals surface area contributed by atoms with Crippen LogP contribution in [0.4, 0.5) is 0 Å². The van der Waals surface area contributed by atoms with Crippen LogP contribution in [0.3, 0.4) is 0 Å². The van der Waals surface area contributed by atoms with Crippen molar-refractivity contribution in [2.45, 2.75) is 51.4 Å². The van der Waals surface area contributed by atoms with E-state index in [0.29, 0.717) is 30.3 Å². The van der Waals surface area contributed by atoms with Crippen LogP contribution in [-0.2, 0) is 28.3 Å². The molecule has 0 bridgehead atoms. The summed E-state index contributed by atoms with van der Waals surface area (Å²) in [5.41, 5.74) is 4.31. The van der Waals surface area contributed by atoms with E-state index in [2.05, 4.69) is 43.4 Å². The monoisotopic (exact) mass is 522 g/mol. The van der Waals surface area contributed by atoms with E-state index in [-0.39, 0.29) is 11.8 Å². The Hall–Kier alpha value is -2.76.